The summed E-state index contributed by atoms with van der Waals surface area (Å²) in [5.74, 6) is -1.13. The molecule has 0 bridgehead atoms. The van der Waals surface area contributed by atoms with Crippen LogP contribution in [0.3, 0.4) is 0 Å². The number of carbonyl (C=O) groups is 1. The van der Waals surface area contributed by atoms with E-state index in [2.05, 4.69) is 5.32 Å². The molecule has 0 aromatic heterocycles. The molecule has 0 aromatic carbocycles. The Kier molecular flexibility index (Phi) is 1.92. The molecule has 58 valence electrons. The van der Waals surface area contributed by atoms with Gasteiger partial charge in [0.2, 0.25) is 0 Å². The van der Waals surface area contributed by atoms with E-state index >= 15 is 0 Å². The van der Waals surface area contributed by atoms with Crippen molar-refractivity contribution in [2.45, 2.75) is 18.4 Å². The Bertz CT molecular complexity index is 140. The monoisotopic (exact) mass is 145 g/mol. The molecule has 0 spiro atoms. The molecule has 4 heteroatoms. The lowest BCUT2D eigenvalue weighted by molar-refractivity contribution is -0.160. The molecule has 1 saturated heterocycles. The van der Waals surface area contributed by atoms with E-state index in [9.17, 15) is 9.90 Å². The summed E-state index contributed by atoms with van der Waals surface area (Å²) in [4.78, 5) is 10.4. The molecule has 1 aliphatic heterocycles. The number of piperidine rings is 1. The summed E-state index contributed by atoms with van der Waals surface area (Å²) in [5, 5.41) is 20.6. The average molecular weight is 145 g/mol. The average Bonchev–Trinajstić information content (AvgIpc) is 1.89. The normalized spacial score (nSPS) is 33.7. The molecule has 10 heavy (non-hydrogen) atoms. The first-order valence-electron chi connectivity index (χ1n) is 3.32. The number of nitrogens with one attached hydrogen (secondary N) is 1. The minimum absolute atomic E-state index is 0.169. The first kappa shape index (κ1) is 7.50. The van der Waals surface area contributed by atoms with E-state index < -0.39 is 11.6 Å². The number of aliphatic hydroxyl groups is 1. The second kappa shape index (κ2) is 2.56. The van der Waals surface area contributed by atoms with E-state index in [1.807, 2.05) is 0 Å². The third kappa shape index (κ3) is 1.27. The lowest BCUT2D eigenvalue weighted by Crippen LogP contribution is -2.51. The molecule has 3 N–H and O–H groups in total. The predicted molar refractivity (Wildman–Crippen MR) is 34.7 cm³/mol. The number of hydrogen-bond acceptors (Lipinski definition) is 3. The summed E-state index contributed by atoms with van der Waals surface area (Å²) >= 11 is 0. The van der Waals surface area contributed by atoms with Crippen LogP contribution < -0.4 is 5.32 Å². The first-order valence-corrected chi connectivity index (χ1v) is 3.32. The minimum Gasteiger partial charge on any atom is -0.479 e. The summed E-state index contributed by atoms with van der Waals surface area (Å²) in [6.45, 7) is 0.970. The number of β-amino-alcohol motifs (C(OH)–C–C–N with tert-alkyl or cyclic N) is 1. The molecule has 1 atom stereocenters. The summed E-state index contributed by atoms with van der Waals surface area (Å²) < 4.78 is 0. The highest BCUT2D eigenvalue weighted by atomic mass is 16.4. The largest absolute Gasteiger partial charge is 0.479 e. The second-order valence-electron chi connectivity index (χ2n) is 2.62. The maximum Gasteiger partial charge on any atom is 0.337 e. The van der Waals surface area contributed by atoms with Crippen LogP contribution in [0.2, 0.25) is 0 Å². The molecule has 4 nitrogen and oxygen atoms in total. The maximum atomic E-state index is 10.4. The van der Waals surface area contributed by atoms with Crippen LogP contribution in [0.4, 0.5) is 0 Å². The zero-order valence-corrected chi connectivity index (χ0v) is 5.63. The van der Waals surface area contributed by atoms with Crippen molar-refractivity contribution in [2.75, 3.05) is 13.1 Å². The Balaban J connectivity index is 2.56. The molecule has 0 unspecified atom stereocenters. The Morgan fingerprint density at radius 1 is 1.60 bits per heavy atom. The van der Waals surface area contributed by atoms with Crippen molar-refractivity contribution >= 4 is 5.97 Å². The number of hydrogen-bond donors (Lipinski definition) is 3. The smallest absolute Gasteiger partial charge is 0.337 e. The van der Waals surface area contributed by atoms with Gasteiger partial charge in [0.05, 0.1) is 0 Å². The zero-order chi connectivity index (χ0) is 7.61. The van der Waals surface area contributed by atoms with E-state index in [1.165, 1.54) is 0 Å². The molecule has 0 aliphatic carbocycles. The van der Waals surface area contributed by atoms with Crippen LogP contribution >= 0.6 is 0 Å². The number of aliphatic carboxylic acids is 1. The topological polar surface area (TPSA) is 69.6 Å². The highest BCUT2D eigenvalue weighted by Gasteiger charge is 2.36. The molecule has 1 rings (SSSR count). The number of carboxylic acid groups (broad SMARTS) is 1. The van der Waals surface area contributed by atoms with Crippen molar-refractivity contribution in [3.63, 3.8) is 0 Å². The lowest BCUT2D eigenvalue weighted by atomic mass is 9.95. The molecular weight excluding hydrogens is 134 g/mol. The van der Waals surface area contributed by atoms with Crippen LogP contribution in [0.25, 0.3) is 0 Å². The fraction of sp³-hybridized carbons (Fsp3) is 0.833. The molecule has 1 heterocycles. The van der Waals surface area contributed by atoms with E-state index in [4.69, 9.17) is 5.11 Å². The fourth-order valence-corrected chi connectivity index (χ4v) is 1.07. The van der Waals surface area contributed by atoms with Crippen LogP contribution in [0.1, 0.15) is 12.8 Å². The zero-order valence-electron chi connectivity index (χ0n) is 5.63. The van der Waals surface area contributed by atoms with E-state index in [1.54, 1.807) is 0 Å². The van der Waals surface area contributed by atoms with Crippen LogP contribution in [0.15, 0.2) is 0 Å². The van der Waals surface area contributed by atoms with Crippen molar-refractivity contribution in [1.82, 2.24) is 5.32 Å². The van der Waals surface area contributed by atoms with Gasteiger partial charge in [-0.2, -0.15) is 0 Å². The quantitative estimate of drug-likeness (QED) is 0.451. The highest BCUT2D eigenvalue weighted by molar-refractivity contribution is 5.77. The lowest BCUT2D eigenvalue weighted by Gasteiger charge is -2.27. The molecule has 1 fully saturated rings. The SMILES string of the molecule is O=C(O)[C@@]1(O)CCCNC1. The van der Waals surface area contributed by atoms with Gasteiger partial charge in [-0.05, 0) is 19.4 Å². The Labute approximate surface area is 58.9 Å². The third-order valence-electron chi connectivity index (χ3n) is 1.76. The Morgan fingerprint density at radius 3 is 2.60 bits per heavy atom. The predicted octanol–water partition coefficient (Wildman–Crippen LogP) is -0.814. The summed E-state index contributed by atoms with van der Waals surface area (Å²) in [7, 11) is 0. The van der Waals surface area contributed by atoms with Gasteiger partial charge in [-0.1, -0.05) is 0 Å². The van der Waals surface area contributed by atoms with Crippen LogP contribution in [0.5, 0.6) is 0 Å². The van der Waals surface area contributed by atoms with Gasteiger partial charge < -0.3 is 15.5 Å². The molecule has 0 amide bonds. The van der Waals surface area contributed by atoms with Crippen LogP contribution in [0, 0.1) is 0 Å². The van der Waals surface area contributed by atoms with Gasteiger partial charge in [0, 0.05) is 6.54 Å². The highest BCUT2D eigenvalue weighted by Crippen LogP contribution is 2.15. The van der Waals surface area contributed by atoms with Crippen molar-refractivity contribution < 1.29 is 15.0 Å². The Hall–Kier alpha value is -0.610. The summed E-state index contributed by atoms with van der Waals surface area (Å²) in [6.07, 6.45) is 1.08. The molecule has 0 saturated carbocycles. The molecule has 0 aromatic rings. The number of carboxylic acids is 1. The van der Waals surface area contributed by atoms with Gasteiger partial charge in [0.25, 0.3) is 0 Å². The third-order valence-corrected chi connectivity index (χ3v) is 1.76. The minimum atomic E-state index is -1.52. The maximum absolute atomic E-state index is 10.4. The standard InChI is InChI=1S/C6H11NO3/c8-5(9)6(10)2-1-3-7-4-6/h7,10H,1-4H2,(H,8,9)/t6-/m1/s1. The number of rotatable bonds is 1. The Morgan fingerprint density at radius 2 is 2.30 bits per heavy atom. The van der Waals surface area contributed by atoms with Crippen LogP contribution in [-0.2, 0) is 4.79 Å². The van der Waals surface area contributed by atoms with Gasteiger partial charge in [0.1, 0.15) is 0 Å². The molecular formula is C6H11NO3. The van der Waals surface area contributed by atoms with E-state index in [0.29, 0.717) is 6.42 Å². The van der Waals surface area contributed by atoms with Gasteiger partial charge >= 0.3 is 5.97 Å². The van der Waals surface area contributed by atoms with Crippen LogP contribution in [-0.4, -0.2) is 34.9 Å². The summed E-state index contributed by atoms with van der Waals surface area (Å²) in [6, 6.07) is 0. The second-order valence-corrected chi connectivity index (χ2v) is 2.62. The van der Waals surface area contributed by atoms with Crippen molar-refractivity contribution in [3.8, 4) is 0 Å². The molecule has 1 aliphatic rings. The van der Waals surface area contributed by atoms with E-state index in [-0.39, 0.29) is 6.54 Å². The van der Waals surface area contributed by atoms with Gasteiger partial charge in [-0.15, -0.1) is 0 Å². The van der Waals surface area contributed by atoms with Crippen molar-refractivity contribution in [3.05, 3.63) is 0 Å². The summed E-state index contributed by atoms with van der Waals surface area (Å²) in [5.41, 5.74) is -1.52. The van der Waals surface area contributed by atoms with Gasteiger partial charge in [-0.3, -0.25) is 0 Å². The van der Waals surface area contributed by atoms with Gasteiger partial charge in [-0.25, -0.2) is 4.79 Å². The van der Waals surface area contributed by atoms with Crippen molar-refractivity contribution in [2.24, 2.45) is 0 Å². The molecule has 0 radical (unpaired) electrons. The van der Waals surface area contributed by atoms with Gasteiger partial charge in [0.15, 0.2) is 5.60 Å². The van der Waals surface area contributed by atoms with E-state index in [0.717, 1.165) is 13.0 Å². The fourth-order valence-electron chi connectivity index (χ4n) is 1.07. The first-order chi connectivity index (χ1) is 4.65. The van der Waals surface area contributed by atoms with Crippen molar-refractivity contribution in [1.29, 1.82) is 0 Å².